The molecule has 0 bridgehead atoms. The number of rotatable bonds is 5. The van der Waals surface area contributed by atoms with E-state index in [0.717, 1.165) is 29.9 Å². The maximum Gasteiger partial charge on any atom is 0.258 e. The highest BCUT2D eigenvalue weighted by molar-refractivity contribution is 5.46. The van der Waals surface area contributed by atoms with Gasteiger partial charge in [0.2, 0.25) is 0 Å². The first-order valence-electron chi connectivity index (χ1n) is 9.97. The van der Waals surface area contributed by atoms with Gasteiger partial charge in [-0.05, 0) is 44.7 Å². The van der Waals surface area contributed by atoms with Crippen LogP contribution in [-0.4, -0.2) is 28.1 Å². The molecule has 0 aliphatic heterocycles. The highest BCUT2D eigenvalue weighted by Gasteiger charge is 2.55. The van der Waals surface area contributed by atoms with E-state index in [1.54, 1.807) is 16.7 Å². The lowest BCUT2D eigenvalue weighted by Crippen LogP contribution is -2.64. The maximum atomic E-state index is 12.4. The van der Waals surface area contributed by atoms with Crippen molar-refractivity contribution in [2.75, 3.05) is 6.61 Å². The fraction of sp³-hybridized carbons (Fsp3) is 0.619. The molecule has 140 valence electrons. The summed E-state index contributed by atoms with van der Waals surface area (Å²) in [6.45, 7) is 5.52. The molecule has 2 aliphatic carbocycles. The van der Waals surface area contributed by atoms with Crippen LogP contribution in [0.25, 0.3) is 5.65 Å². The van der Waals surface area contributed by atoms with Crippen LogP contribution in [0, 0.1) is 12.3 Å². The lowest BCUT2D eigenvalue weighted by atomic mass is 9.55. The first kappa shape index (κ1) is 17.7. The van der Waals surface area contributed by atoms with E-state index in [2.05, 4.69) is 12.2 Å². The van der Waals surface area contributed by atoms with Crippen molar-refractivity contribution in [3.8, 4) is 0 Å². The van der Waals surface area contributed by atoms with Gasteiger partial charge >= 0.3 is 0 Å². The highest BCUT2D eigenvalue weighted by Crippen LogP contribution is 2.53. The van der Waals surface area contributed by atoms with Gasteiger partial charge in [-0.2, -0.15) is 0 Å². The molecule has 2 aliphatic rings. The number of aryl methyl sites for hydroxylation is 1. The molecule has 1 N–H and O–H groups in total. The summed E-state index contributed by atoms with van der Waals surface area (Å²) < 4.78 is 7.66. The number of hydrogen-bond donors (Lipinski definition) is 1. The third-order valence-electron chi connectivity index (χ3n) is 6.41. The van der Waals surface area contributed by atoms with Gasteiger partial charge in [0.1, 0.15) is 5.65 Å². The van der Waals surface area contributed by atoms with Crippen LogP contribution in [0.15, 0.2) is 29.2 Å². The molecule has 2 aromatic rings. The molecule has 26 heavy (non-hydrogen) atoms. The average molecular weight is 355 g/mol. The number of nitrogens with zero attached hydrogens (tertiary/aromatic N) is 2. The highest BCUT2D eigenvalue weighted by atomic mass is 16.5. The molecule has 0 saturated heterocycles. The summed E-state index contributed by atoms with van der Waals surface area (Å²) in [5.74, 6) is 0. The number of pyridine rings is 1. The van der Waals surface area contributed by atoms with E-state index in [4.69, 9.17) is 9.72 Å². The van der Waals surface area contributed by atoms with Gasteiger partial charge in [-0.15, -0.1) is 0 Å². The first-order chi connectivity index (χ1) is 12.6. The Balaban J connectivity index is 1.51. The molecular formula is C21H29N3O2. The lowest BCUT2D eigenvalue weighted by molar-refractivity contribution is -0.150. The number of ether oxygens (including phenoxy) is 1. The Labute approximate surface area is 154 Å². The topological polar surface area (TPSA) is 55.6 Å². The lowest BCUT2D eigenvalue weighted by Gasteiger charge is -2.58. The van der Waals surface area contributed by atoms with E-state index in [1.165, 1.54) is 32.1 Å². The average Bonchev–Trinajstić information content (AvgIpc) is 2.65. The summed E-state index contributed by atoms with van der Waals surface area (Å²) in [7, 11) is 0. The van der Waals surface area contributed by atoms with Crippen LogP contribution in [0.4, 0.5) is 0 Å². The van der Waals surface area contributed by atoms with Gasteiger partial charge < -0.3 is 10.1 Å². The second-order valence-corrected chi connectivity index (χ2v) is 7.88. The zero-order valence-corrected chi connectivity index (χ0v) is 15.8. The Morgan fingerprint density at radius 3 is 2.92 bits per heavy atom. The van der Waals surface area contributed by atoms with Crippen molar-refractivity contribution in [3.63, 3.8) is 0 Å². The molecule has 5 heteroatoms. The molecular weight excluding hydrogens is 326 g/mol. The fourth-order valence-electron chi connectivity index (χ4n) is 4.98. The molecule has 4 rings (SSSR count). The SMILES string of the molecule is CCOC1CC(NCc2cc(=O)n3cccc(C)c3n2)C12CCCCC2. The minimum Gasteiger partial charge on any atom is -0.378 e. The molecule has 2 unspecified atom stereocenters. The number of fused-ring (bicyclic) bond motifs is 1. The van der Waals surface area contributed by atoms with Crippen molar-refractivity contribution >= 4 is 5.65 Å². The van der Waals surface area contributed by atoms with Gasteiger partial charge in [0.15, 0.2) is 0 Å². The predicted molar refractivity (Wildman–Crippen MR) is 102 cm³/mol. The van der Waals surface area contributed by atoms with E-state index in [0.29, 0.717) is 18.7 Å². The second kappa shape index (κ2) is 7.12. The molecule has 5 nitrogen and oxygen atoms in total. The summed E-state index contributed by atoms with van der Waals surface area (Å²) in [5.41, 5.74) is 2.88. The van der Waals surface area contributed by atoms with Gasteiger partial charge in [-0.1, -0.05) is 25.3 Å². The molecule has 2 saturated carbocycles. The van der Waals surface area contributed by atoms with Gasteiger partial charge in [0, 0.05) is 36.9 Å². The van der Waals surface area contributed by atoms with E-state index in [-0.39, 0.29) is 11.0 Å². The quantitative estimate of drug-likeness (QED) is 0.895. The zero-order chi connectivity index (χ0) is 18.1. The van der Waals surface area contributed by atoms with Crippen LogP contribution < -0.4 is 10.9 Å². The Bertz CT molecular complexity index is 839. The van der Waals surface area contributed by atoms with Gasteiger partial charge in [0.25, 0.3) is 5.56 Å². The van der Waals surface area contributed by atoms with Crippen LogP contribution in [0.5, 0.6) is 0 Å². The summed E-state index contributed by atoms with van der Waals surface area (Å²) >= 11 is 0. The van der Waals surface area contributed by atoms with Crippen LogP contribution in [0.3, 0.4) is 0 Å². The Morgan fingerprint density at radius 2 is 2.15 bits per heavy atom. The predicted octanol–water partition coefficient (Wildman–Crippen LogP) is 3.22. The van der Waals surface area contributed by atoms with Crippen molar-refractivity contribution in [2.45, 2.75) is 71.1 Å². The minimum absolute atomic E-state index is 0.0105. The Hall–Kier alpha value is -1.72. The fourth-order valence-corrected chi connectivity index (χ4v) is 4.98. The van der Waals surface area contributed by atoms with Crippen LogP contribution in [-0.2, 0) is 11.3 Å². The Kier molecular flexibility index (Phi) is 4.84. The molecule has 0 amide bonds. The summed E-state index contributed by atoms with van der Waals surface area (Å²) in [6.07, 6.45) is 9.69. The summed E-state index contributed by atoms with van der Waals surface area (Å²) in [5, 5.41) is 3.71. The van der Waals surface area contributed by atoms with Crippen molar-refractivity contribution in [3.05, 3.63) is 46.0 Å². The molecule has 1 spiro atoms. The molecule has 2 heterocycles. The van der Waals surface area contributed by atoms with Crippen LogP contribution >= 0.6 is 0 Å². The van der Waals surface area contributed by atoms with E-state index in [9.17, 15) is 4.79 Å². The van der Waals surface area contributed by atoms with Gasteiger partial charge in [-0.25, -0.2) is 4.98 Å². The third-order valence-corrected chi connectivity index (χ3v) is 6.41. The number of hydrogen-bond acceptors (Lipinski definition) is 4. The molecule has 0 radical (unpaired) electrons. The van der Waals surface area contributed by atoms with Crippen molar-refractivity contribution in [1.29, 1.82) is 0 Å². The van der Waals surface area contributed by atoms with Crippen molar-refractivity contribution < 1.29 is 4.74 Å². The standard InChI is InChI=1S/C21H29N3O2/c1-3-26-18-13-17(21(18)9-5-4-6-10-21)22-14-16-12-19(25)24-11-7-8-15(2)20(24)23-16/h7-8,11-12,17-18,22H,3-6,9-10,13-14H2,1-2H3. The maximum absolute atomic E-state index is 12.4. The first-order valence-corrected chi connectivity index (χ1v) is 9.97. The number of nitrogens with one attached hydrogen (secondary N) is 1. The smallest absolute Gasteiger partial charge is 0.258 e. The molecule has 0 aromatic carbocycles. The second-order valence-electron chi connectivity index (χ2n) is 7.88. The Morgan fingerprint density at radius 1 is 1.35 bits per heavy atom. The third kappa shape index (κ3) is 2.97. The summed E-state index contributed by atoms with van der Waals surface area (Å²) in [6, 6.07) is 6.01. The minimum atomic E-state index is -0.0105. The van der Waals surface area contributed by atoms with Crippen LogP contribution in [0.1, 0.15) is 56.7 Å². The largest absolute Gasteiger partial charge is 0.378 e. The van der Waals surface area contributed by atoms with Crippen molar-refractivity contribution in [2.24, 2.45) is 5.41 Å². The zero-order valence-electron chi connectivity index (χ0n) is 15.8. The molecule has 2 aromatic heterocycles. The van der Waals surface area contributed by atoms with Crippen LogP contribution in [0.2, 0.25) is 0 Å². The van der Waals surface area contributed by atoms with Gasteiger partial charge in [0.05, 0.1) is 11.8 Å². The van der Waals surface area contributed by atoms with E-state index in [1.807, 2.05) is 19.1 Å². The molecule has 2 atom stereocenters. The van der Waals surface area contributed by atoms with Gasteiger partial charge in [-0.3, -0.25) is 9.20 Å². The summed E-state index contributed by atoms with van der Waals surface area (Å²) in [4.78, 5) is 17.1. The monoisotopic (exact) mass is 355 g/mol. The van der Waals surface area contributed by atoms with E-state index < -0.39 is 0 Å². The normalized spacial score (nSPS) is 24.7. The van der Waals surface area contributed by atoms with E-state index >= 15 is 0 Å². The van der Waals surface area contributed by atoms with Crippen molar-refractivity contribution in [1.82, 2.24) is 14.7 Å². The molecule has 2 fully saturated rings. The number of aromatic nitrogens is 2.